The van der Waals surface area contributed by atoms with Gasteiger partial charge in [0.05, 0.1) is 11.4 Å². The highest BCUT2D eigenvalue weighted by molar-refractivity contribution is 9.10. The van der Waals surface area contributed by atoms with E-state index in [0.717, 1.165) is 10.0 Å². The van der Waals surface area contributed by atoms with Crippen molar-refractivity contribution in [3.8, 4) is 11.3 Å². The van der Waals surface area contributed by atoms with Gasteiger partial charge >= 0.3 is 0 Å². The molecule has 0 unspecified atom stereocenters. The molecule has 0 aliphatic carbocycles. The zero-order chi connectivity index (χ0) is 21.7. The van der Waals surface area contributed by atoms with Crippen molar-refractivity contribution in [2.24, 2.45) is 0 Å². The summed E-state index contributed by atoms with van der Waals surface area (Å²) in [6, 6.07) is 15.3. The molecule has 0 bridgehead atoms. The summed E-state index contributed by atoms with van der Waals surface area (Å²) in [6.07, 6.45) is 0. The van der Waals surface area contributed by atoms with Crippen molar-refractivity contribution in [3.63, 3.8) is 0 Å². The molecule has 1 N–H and O–H groups in total. The lowest BCUT2D eigenvalue weighted by Gasteiger charge is -2.18. The molecule has 0 saturated carbocycles. The number of nitrogens with one attached hydrogen (secondary N) is 1. The van der Waals surface area contributed by atoms with Crippen LogP contribution in [0.5, 0.6) is 0 Å². The maximum Gasteiger partial charge on any atom is 0.243 e. The number of aromatic nitrogens is 1. The summed E-state index contributed by atoms with van der Waals surface area (Å²) in [6.45, 7) is 4.36. The van der Waals surface area contributed by atoms with E-state index in [2.05, 4.69) is 26.4 Å². The van der Waals surface area contributed by atoms with Gasteiger partial charge in [0.15, 0.2) is 5.78 Å². The van der Waals surface area contributed by atoms with Crippen LogP contribution in [0.2, 0.25) is 0 Å². The summed E-state index contributed by atoms with van der Waals surface area (Å²) in [7, 11) is -3.55. The minimum absolute atomic E-state index is 0.00286. The number of Topliss-reactive ketones (excluding diaryl/α,β-unsaturated/α-hetero) is 1. The van der Waals surface area contributed by atoms with Gasteiger partial charge in [-0.05, 0) is 36.4 Å². The Morgan fingerprint density at radius 1 is 1.07 bits per heavy atom. The van der Waals surface area contributed by atoms with Crippen LogP contribution in [0, 0.1) is 0 Å². The molecule has 158 valence electrons. The van der Waals surface area contributed by atoms with Gasteiger partial charge in [-0.15, -0.1) is 0 Å². The molecule has 9 heteroatoms. The molecular formula is C21H22BrN3O4S. The topological polar surface area (TPSA) is 92.5 Å². The van der Waals surface area contributed by atoms with Crippen LogP contribution in [0.3, 0.4) is 0 Å². The molecule has 0 amide bonds. The molecule has 2 aromatic carbocycles. The average Bonchev–Trinajstić information content (AvgIpc) is 3.22. The lowest BCUT2D eigenvalue weighted by atomic mass is 10.1. The minimum Gasteiger partial charge on any atom is -0.347 e. The van der Waals surface area contributed by atoms with Crippen LogP contribution in [0.4, 0.5) is 5.88 Å². The molecule has 0 fully saturated rings. The Morgan fingerprint density at radius 2 is 1.70 bits per heavy atom. The van der Waals surface area contributed by atoms with Crippen LogP contribution in [0.1, 0.15) is 24.2 Å². The summed E-state index contributed by atoms with van der Waals surface area (Å²) in [5, 5.41) is 6.91. The predicted octanol–water partition coefficient (Wildman–Crippen LogP) is 4.43. The predicted molar refractivity (Wildman–Crippen MR) is 119 cm³/mol. The molecule has 0 aliphatic heterocycles. The Hall–Kier alpha value is -2.49. The monoisotopic (exact) mass is 491 g/mol. The molecule has 0 saturated heterocycles. The zero-order valence-electron chi connectivity index (χ0n) is 16.6. The van der Waals surface area contributed by atoms with E-state index in [0.29, 0.717) is 30.2 Å². The Balaban J connectivity index is 1.64. The second-order valence-corrected chi connectivity index (χ2v) is 9.33. The third-order valence-corrected chi connectivity index (χ3v) is 7.19. The first-order chi connectivity index (χ1) is 14.3. The van der Waals surface area contributed by atoms with E-state index in [1.165, 1.54) is 28.6 Å². The normalized spacial score (nSPS) is 11.6. The third kappa shape index (κ3) is 4.97. The van der Waals surface area contributed by atoms with Crippen LogP contribution >= 0.6 is 15.9 Å². The quantitative estimate of drug-likeness (QED) is 0.445. The van der Waals surface area contributed by atoms with Crippen molar-refractivity contribution >= 4 is 37.6 Å². The second-order valence-electron chi connectivity index (χ2n) is 6.47. The van der Waals surface area contributed by atoms with E-state index in [-0.39, 0.29) is 17.2 Å². The SMILES string of the molecule is CCN(CC)S(=O)(=O)c1ccc(C(=O)CNc2cc(-c3ccc(Br)cc3)no2)cc1. The number of hydrogen-bond acceptors (Lipinski definition) is 6. The molecule has 0 radical (unpaired) electrons. The fraction of sp³-hybridized carbons (Fsp3) is 0.238. The third-order valence-electron chi connectivity index (χ3n) is 4.59. The number of carbonyl (C=O) groups is 1. The molecule has 7 nitrogen and oxygen atoms in total. The Labute approximate surface area is 184 Å². The molecular weight excluding hydrogens is 470 g/mol. The van der Waals surface area contributed by atoms with Gasteiger partial charge in [-0.25, -0.2) is 8.42 Å². The van der Waals surface area contributed by atoms with Crippen molar-refractivity contribution in [2.75, 3.05) is 25.0 Å². The minimum atomic E-state index is -3.55. The number of ketones is 1. The van der Waals surface area contributed by atoms with Gasteiger partial charge in [0.25, 0.3) is 0 Å². The van der Waals surface area contributed by atoms with Crippen molar-refractivity contribution < 1.29 is 17.7 Å². The smallest absolute Gasteiger partial charge is 0.243 e. The molecule has 0 atom stereocenters. The highest BCUT2D eigenvalue weighted by Gasteiger charge is 2.21. The number of anilines is 1. The summed E-state index contributed by atoms with van der Waals surface area (Å²) in [5.74, 6) is 0.186. The van der Waals surface area contributed by atoms with E-state index in [4.69, 9.17) is 4.52 Å². The number of carbonyl (C=O) groups excluding carboxylic acids is 1. The lowest BCUT2D eigenvalue weighted by Crippen LogP contribution is -2.30. The summed E-state index contributed by atoms with van der Waals surface area (Å²) in [5.41, 5.74) is 1.96. The first-order valence-corrected chi connectivity index (χ1v) is 11.7. The van der Waals surface area contributed by atoms with Gasteiger partial charge in [0, 0.05) is 34.8 Å². The molecule has 0 spiro atoms. The fourth-order valence-corrected chi connectivity index (χ4v) is 4.63. The fourth-order valence-electron chi connectivity index (χ4n) is 2.91. The molecule has 30 heavy (non-hydrogen) atoms. The van der Waals surface area contributed by atoms with Crippen molar-refractivity contribution in [3.05, 3.63) is 64.6 Å². The lowest BCUT2D eigenvalue weighted by molar-refractivity contribution is 0.100. The average molecular weight is 492 g/mol. The summed E-state index contributed by atoms with van der Waals surface area (Å²) >= 11 is 3.39. The van der Waals surface area contributed by atoms with Crippen LogP contribution in [0.25, 0.3) is 11.3 Å². The second kappa shape index (κ2) is 9.55. The standard InChI is InChI=1S/C21H22BrN3O4S/c1-3-25(4-2)30(27,28)18-11-7-16(8-12-18)20(26)14-23-21-13-19(24-29-21)15-5-9-17(22)10-6-15/h5-13,23H,3-4,14H2,1-2H3. The van der Waals surface area contributed by atoms with E-state index in [1.807, 2.05) is 24.3 Å². The van der Waals surface area contributed by atoms with Gasteiger partial charge in [0.2, 0.25) is 15.9 Å². The van der Waals surface area contributed by atoms with Gasteiger partial charge in [-0.3, -0.25) is 4.79 Å². The summed E-state index contributed by atoms with van der Waals surface area (Å²) < 4.78 is 32.6. The molecule has 1 aromatic heterocycles. The largest absolute Gasteiger partial charge is 0.347 e. The zero-order valence-corrected chi connectivity index (χ0v) is 19.0. The highest BCUT2D eigenvalue weighted by Crippen LogP contribution is 2.23. The van der Waals surface area contributed by atoms with E-state index in [9.17, 15) is 13.2 Å². The van der Waals surface area contributed by atoms with E-state index < -0.39 is 10.0 Å². The number of hydrogen-bond donors (Lipinski definition) is 1. The molecule has 3 aromatic rings. The number of halogens is 1. The van der Waals surface area contributed by atoms with Crippen molar-refractivity contribution in [2.45, 2.75) is 18.7 Å². The molecule has 1 heterocycles. The number of nitrogens with zero attached hydrogens (tertiary/aromatic N) is 2. The Morgan fingerprint density at radius 3 is 2.30 bits per heavy atom. The van der Waals surface area contributed by atoms with Crippen LogP contribution in [-0.4, -0.2) is 43.3 Å². The van der Waals surface area contributed by atoms with Gasteiger partial charge in [-0.1, -0.05) is 47.1 Å². The van der Waals surface area contributed by atoms with Crippen LogP contribution < -0.4 is 5.32 Å². The highest BCUT2D eigenvalue weighted by atomic mass is 79.9. The maximum atomic E-state index is 12.5. The van der Waals surface area contributed by atoms with Crippen LogP contribution in [-0.2, 0) is 10.0 Å². The van der Waals surface area contributed by atoms with Crippen molar-refractivity contribution in [1.82, 2.24) is 9.46 Å². The number of sulfonamides is 1. The van der Waals surface area contributed by atoms with Gasteiger partial charge < -0.3 is 9.84 Å². The summed E-state index contributed by atoms with van der Waals surface area (Å²) in [4.78, 5) is 12.6. The van der Waals surface area contributed by atoms with Crippen LogP contribution in [0.15, 0.2) is 68.5 Å². The number of benzene rings is 2. The first-order valence-electron chi connectivity index (χ1n) is 9.45. The Kier molecular flexibility index (Phi) is 7.06. The van der Waals surface area contributed by atoms with E-state index >= 15 is 0 Å². The van der Waals surface area contributed by atoms with Gasteiger partial charge in [0.1, 0.15) is 5.69 Å². The molecule has 0 aliphatic rings. The van der Waals surface area contributed by atoms with E-state index in [1.54, 1.807) is 19.9 Å². The number of rotatable bonds is 9. The van der Waals surface area contributed by atoms with Crippen molar-refractivity contribution in [1.29, 1.82) is 0 Å². The first kappa shape index (κ1) is 22.2. The Bertz CT molecular complexity index is 1110. The maximum absolute atomic E-state index is 12.5. The van der Waals surface area contributed by atoms with Gasteiger partial charge in [-0.2, -0.15) is 4.31 Å². The molecule has 3 rings (SSSR count).